The number of anilines is 1. The molecule has 5 rings (SSSR count). The van der Waals surface area contributed by atoms with E-state index in [1.807, 2.05) is 0 Å². The van der Waals surface area contributed by atoms with Crippen molar-refractivity contribution in [2.45, 2.75) is 35.7 Å². The van der Waals surface area contributed by atoms with Gasteiger partial charge in [-0.3, -0.25) is 9.59 Å². The number of carboxylic acids is 1. The predicted octanol–water partition coefficient (Wildman–Crippen LogP) is 6.36. The number of aliphatic carboxylic acids is 1. The molecular formula is C31H28F4N2O6S. The summed E-state index contributed by atoms with van der Waals surface area (Å²) in [5.41, 5.74) is -3.69. The number of alkyl halides is 3. The van der Waals surface area contributed by atoms with Crippen LogP contribution in [0.4, 0.5) is 23.2 Å². The van der Waals surface area contributed by atoms with Crippen molar-refractivity contribution in [2.24, 2.45) is 17.8 Å². The summed E-state index contributed by atoms with van der Waals surface area (Å²) in [6, 6.07) is 13.4. The number of hydrogen-bond donors (Lipinski definition) is 3. The molecule has 232 valence electrons. The first kappa shape index (κ1) is 31.2. The summed E-state index contributed by atoms with van der Waals surface area (Å²) < 4.78 is 64.1. The molecule has 3 aromatic carbocycles. The number of benzene rings is 3. The Kier molecular flexibility index (Phi) is 9.05. The van der Waals surface area contributed by atoms with Crippen LogP contribution in [-0.4, -0.2) is 48.2 Å². The van der Waals surface area contributed by atoms with E-state index in [9.17, 15) is 27.6 Å². The van der Waals surface area contributed by atoms with Crippen molar-refractivity contribution in [3.05, 3.63) is 72.0 Å². The number of nitrogens with one attached hydrogen (secondary N) is 2. The summed E-state index contributed by atoms with van der Waals surface area (Å²) in [6.07, 6.45) is 2.31. The van der Waals surface area contributed by atoms with Crippen molar-refractivity contribution in [3.8, 4) is 22.6 Å². The summed E-state index contributed by atoms with van der Waals surface area (Å²) in [7, 11) is 1.30. The van der Waals surface area contributed by atoms with Gasteiger partial charge in [-0.25, -0.2) is 9.18 Å². The molecule has 2 bridgehead atoms. The third-order valence-corrected chi connectivity index (χ3v) is 8.63. The molecule has 4 unspecified atom stereocenters. The van der Waals surface area contributed by atoms with Gasteiger partial charge in [0.2, 0.25) is 5.91 Å². The minimum atomic E-state index is -4.47. The van der Waals surface area contributed by atoms with Crippen molar-refractivity contribution in [1.29, 1.82) is 0 Å². The maximum Gasteiger partial charge on any atom is 0.446 e. The number of hydrogen-bond acceptors (Lipinski definition) is 6. The van der Waals surface area contributed by atoms with Crippen molar-refractivity contribution in [1.82, 2.24) is 5.32 Å². The van der Waals surface area contributed by atoms with E-state index in [2.05, 4.69) is 10.6 Å². The van der Waals surface area contributed by atoms with Gasteiger partial charge < -0.3 is 25.2 Å². The lowest BCUT2D eigenvalue weighted by Crippen LogP contribution is -2.48. The second kappa shape index (κ2) is 12.8. The van der Waals surface area contributed by atoms with E-state index in [1.54, 1.807) is 0 Å². The molecule has 0 aromatic heterocycles. The molecule has 2 fully saturated rings. The van der Waals surface area contributed by atoms with Crippen molar-refractivity contribution >= 4 is 35.2 Å². The maximum atomic E-state index is 15.1. The standard InChI is InChI=1S/C31H28F4N2O6S/c1-42-25-14-24(32)22(16-7-9-20(10-8-16)43-15-26(38)39)13-23(25)29(40)37-28-18-6-5-17(11-18)27(28)30(41)36-19-3-2-4-21(12-19)44-31(33,34)35/h2-4,7-10,12-14,17-18,27-28H,5-6,11,15H2,1H3,(H,36,41)(H,37,40)(H,38,39). The van der Waals surface area contributed by atoms with Crippen LogP contribution in [-0.2, 0) is 9.59 Å². The smallest absolute Gasteiger partial charge is 0.446 e. The topological polar surface area (TPSA) is 114 Å². The Morgan fingerprint density at radius 1 is 1.02 bits per heavy atom. The summed E-state index contributed by atoms with van der Waals surface area (Å²) in [6.45, 7) is -0.536. The summed E-state index contributed by atoms with van der Waals surface area (Å²) >= 11 is -0.274. The van der Waals surface area contributed by atoms with Crippen LogP contribution in [0.2, 0.25) is 0 Å². The van der Waals surface area contributed by atoms with E-state index < -0.39 is 47.7 Å². The largest absolute Gasteiger partial charge is 0.496 e. The van der Waals surface area contributed by atoms with E-state index in [4.69, 9.17) is 14.6 Å². The maximum absolute atomic E-state index is 15.1. The minimum absolute atomic E-state index is 0.00620. The van der Waals surface area contributed by atoms with Gasteiger partial charge in [-0.2, -0.15) is 13.2 Å². The van der Waals surface area contributed by atoms with E-state index >= 15 is 4.39 Å². The van der Waals surface area contributed by atoms with E-state index in [0.29, 0.717) is 5.56 Å². The normalized spacial score (nSPS) is 20.7. The number of halogens is 4. The summed E-state index contributed by atoms with van der Waals surface area (Å²) in [5.74, 6) is -3.08. The van der Waals surface area contributed by atoms with Crippen LogP contribution >= 0.6 is 11.8 Å². The molecule has 0 radical (unpaired) electrons. The van der Waals surface area contributed by atoms with E-state index in [1.165, 1.54) is 61.7 Å². The number of carbonyl (C=O) groups excluding carboxylic acids is 2. The van der Waals surface area contributed by atoms with Crippen LogP contribution < -0.4 is 20.1 Å². The summed E-state index contributed by atoms with van der Waals surface area (Å²) in [5, 5.41) is 14.5. The Morgan fingerprint density at radius 2 is 1.75 bits per heavy atom. The SMILES string of the molecule is COc1cc(F)c(-c2ccc(OCC(=O)O)cc2)cc1C(=O)NC1C2CCC(C2)C1C(=O)Nc1cccc(SC(F)(F)F)c1. The van der Waals surface area contributed by atoms with Gasteiger partial charge in [0.25, 0.3) is 5.91 Å². The number of methoxy groups -OCH3 is 1. The highest BCUT2D eigenvalue weighted by Crippen LogP contribution is 2.49. The van der Waals surface area contributed by atoms with Gasteiger partial charge in [-0.05, 0) is 84.8 Å². The quantitative estimate of drug-likeness (QED) is 0.176. The number of thioether (sulfide) groups is 1. The van der Waals surface area contributed by atoms with Crippen LogP contribution in [0, 0.1) is 23.6 Å². The second-order valence-electron chi connectivity index (χ2n) is 10.7. The Bertz CT molecular complexity index is 1570. The third-order valence-electron chi connectivity index (χ3n) is 7.91. The van der Waals surface area contributed by atoms with Gasteiger partial charge >= 0.3 is 11.5 Å². The van der Waals surface area contributed by atoms with E-state index in [0.717, 1.165) is 25.3 Å². The minimum Gasteiger partial charge on any atom is -0.496 e. The highest BCUT2D eigenvalue weighted by atomic mass is 32.2. The molecule has 2 saturated carbocycles. The fraction of sp³-hybridized carbons (Fsp3) is 0.323. The first-order valence-corrected chi connectivity index (χ1v) is 14.5. The van der Waals surface area contributed by atoms with Crippen LogP contribution in [0.1, 0.15) is 29.6 Å². The first-order valence-electron chi connectivity index (χ1n) is 13.7. The van der Waals surface area contributed by atoms with Gasteiger partial charge in [-0.1, -0.05) is 18.2 Å². The van der Waals surface area contributed by atoms with Crippen LogP contribution in [0.15, 0.2) is 65.6 Å². The fourth-order valence-electron chi connectivity index (χ4n) is 6.10. The molecule has 0 aliphatic heterocycles. The lowest BCUT2D eigenvalue weighted by Gasteiger charge is -2.31. The Balaban J connectivity index is 1.35. The van der Waals surface area contributed by atoms with Gasteiger partial charge in [0, 0.05) is 28.3 Å². The molecule has 2 aliphatic rings. The van der Waals surface area contributed by atoms with E-state index in [-0.39, 0.29) is 56.8 Å². The third kappa shape index (κ3) is 7.09. The monoisotopic (exact) mass is 632 g/mol. The van der Waals surface area contributed by atoms with Crippen LogP contribution in [0.5, 0.6) is 11.5 Å². The zero-order chi connectivity index (χ0) is 31.6. The molecule has 0 saturated heterocycles. The number of carboxylic acid groups (broad SMARTS) is 1. The number of amides is 2. The van der Waals surface area contributed by atoms with Crippen LogP contribution in [0.25, 0.3) is 11.1 Å². The molecule has 3 N–H and O–H groups in total. The molecule has 44 heavy (non-hydrogen) atoms. The molecule has 0 heterocycles. The average molecular weight is 633 g/mol. The van der Waals surface area contributed by atoms with Gasteiger partial charge in [-0.15, -0.1) is 0 Å². The molecule has 2 amide bonds. The Labute approximate surface area is 254 Å². The van der Waals surface area contributed by atoms with Gasteiger partial charge in [0.05, 0.1) is 18.6 Å². The summed E-state index contributed by atoms with van der Waals surface area (Å²) in [4.78, 5) is 37.8. The highest BCUT2D eigenvalue weighted by Gasteiger charge is 2.51. The van der Waals surface area contributed by atoms with Crippen molar-refractivity contribution < 1.29 is 46.5 Å². The lowest BCUT2D eigenvalue weighted by molar-refractivity contribution is -0.139. The zero-order valence-corrected chi connectivity index (χ0v) is 24.1. The lowest BCUT2D eigenvalue weighted by atomic mass is 9.83. The average Bonchev–Trinajstić information content (AvgIpc) is 3.57. The molecule has 4 atom stereocenters. The van der Waals surface area contributed by atoms with Crippen LogP contribution in [0.3, 0.4) is 0 Å². The zero-order valence-electron chi connectivity index (χ0n) is 23.3. The molecule has 0 spiro atoms. The number of fused-ring (bicyclic) bond motifs is 2. The molecule has 3 aromatic rings. The molecule has 2 aliphatic carbocycles. The first-order chi connectivity index (χ1) is 20.9. The van der Waals surface area contributed by atoms with Gasteiger partial charge in [0.1, 0.15) is 17.3 Å². The van der Waals surface area contributed by atoms with Crippen molar-refractivity contribution in [3.63, 3.8) is 0 Å². The highest BCUT2D eigenvalue weighted by molar-refractivity contribution is 8.00. The van der Waals surface area contributed by atoms with Gasteiger partial charge in [0.15, 0.2) is 6.61 Å². The Hall–Kier alpha value is -4.26. The molecule has 13 heteroatoms. The van der Waals surface area contributed by atoms with Crippen molar-refractivity contribution in [2.75, 3.05) is 19.0 Å². The fourth-order valence-corrected chi connectivity index (χ4v) is 6.70. The Morgan fingerprint density at radius 3 is 2.43 bits per heavy atom. The second-order valence-corrected chi connectivity index (χ2v) is 11.8. The molecular weight excluding hydrogens is 604 g/mol. The number of ether oxygens (including phenoxy) is 2. The predicted molar refractivity (Wildman–Crippen MR) is 154 cm³/mol. The number of carbonyl (C=O) groups is 3. The molecule has 8 nitrogen and oxygen atoms in total. The number of rotatable bonds is 10.